The van der Waals surface area contributed by atoms with Gasteiger partial charge in [0, 0.05) is 17.5 Å². The van der Waals surface area contributed by atoms with Gasteiger partial charge in [-0.1, -0.05) is 11.6 Å². The van der Waals surface area contributed by atoms with Crippen LogP contribution in [0.1, 0.15) is 30.2 Å². The lowest BCUT2D eigenvalue weighted by molar-refractivity contribution is 0.188. The summed E-state index contributed by atoms with van der Waals surface area (Å²) in [6.07, 6.45) is 3.37. The Morgan fingerprint density at radius 1 is 1.40 bits per heavy atom. The molecule has 0 saturated carbocycles. The molecule has 1 saturated heterocycles. The summed E-state index contributed by atoms with van der Waals surface area (Å²) in [4.78, 5) is 3.74. The monoisotopic (exact) mass is 245 g/mol. The fourth-order valence-corrected chi connectivity index (χ4v) is 3.42. The van der Waals surface area contributed by atoms with Gasteiger partial charge < -0.3 is 5.11 Å². The maximum atomic E-state index is 9.11. The Morgan fingerprint density at radius 3 is 2.67 bits per heavy atom. The third-order valence-corrected chi connectivity index (χ3v) is 4.24. The van der Waals surface area contributed by atoms with Gasteiger partial charge in [0.25, 0.3) is 0 Å². The number of rotatable bonds is 4. The lowest BCUT2D eigenvalue weighted by atomic mass is 10.1. The normalized spacial score (nSPS) is 19.6. The van der Waals surface area contributed by atoms with Gasteiger partial charge in [0.2, 0.25) is 0 Å². The van der Waals surface area contributed by atoms with Crippen LogP contribution in [0.4, 0.5) is 0 Å². The summed E-state index contributed by atoms with van der Waals surface area (Å²) >= 11 is 7.58. The van der Waals surface area contributed by atoms with Gasteiger partial charge in [0.15, 0.2) is 0 Å². The summed E-state index contributed by atoms with van der Waals surface area (Å²) in [6, 6.07) is 4.41. The molecule has 2 heterocycles. The van der Waals surface area contributed by atoms with Gasteiger partial charge in [-0.05, 0) is 44.5 Å². The third kappa shape index (κ3) is 2.72. The molecule has 0 bridgehead atoms. The minimum absolute atomic E-state index is 0.247. The van der Waals surface area contributed by atoms with Gasteiger partial charge in [0.05, 0.1) is 4.34 Å². The van der Waals surface area contributed by atoms with Crippen molar-refractivity contribution in [2.45, 2.75) is 25.3 Å². The standard InChI is InChI=1S/C11H16ClNOS/c12-11-4-3-10(15-11)9(5-8-14)13-6-1-2-7-13/h3-4,9,14H,1-2,5-8H2. The zero-order chi connectivity index (χ0) is 10.7. The van der Waals surface area contributed by atoms with Crippen LogP contribution in [0.2, 0.25) is 4.34 Å². The molecule has 2 nitrogen and oxygen atoms in total. The molecule has 1 atom stereocenters. The van der Waals surface area contributed by atoms with E-state index in [4.69, 9.17) is 16.7 Å². The zero-order valence-corrected chi connectivity index (χ0v) is 10.2. The largest absolute Gasteiger partial charge is 0.396 e. The molecule has 2 rings (SSSR count). The van der Waals surface area contributed by atoms with E-state index in [0.717, 1.165) is 23.8 Å². The predicted octanol–water partition coefficient (Wildman–Crippen LogP) is 2.92. The van der Waals surface area contributed by atoms with Gasteiger partial charge in [0.1, 0.15) is 0 Å². The molecular formula is C11H16ClNOS. The van der Waals surface area contributed by atoms with Crippen molar-refractivity contribution in [3.8, 4) is 0 Å². The van der Waals surface area contributed by atoms with Crippen LogP contribution in [0.25, 0.3) is 0 Å². The average Bonchev–Trinajstić information content (AvgIpc) is 2.85. The van der Waals surface area contributed by atoms with Gasteiger partial charge in [-0.15, -0.1) is 11.3 Å². The fourth-order valence-electron chi connectivity index (χ4n) is 2.19. The SMILES string of the molecule is OCCC(c1ccc(Cl)s1)N1CCCC1. The van der Waals surface area contributed by atoms with Crippen LogP contribution in [0, 0.1) is 0 Å². The Hall–Kier alpha value is -0.0900. The van der Waals surface area contributed by atoms with Crippen LogP contribution in [-0.4, -0.2) is 29.7 Å². The second kappa shape index (κ2) is 5.30. The van der Waals surface area contributed by atoms with E-state index >= 15 is 0 Å². The molecule has 1 N–H and O–H groups in total. The number of halogens is 1. The van der Waals surface area contributed by atoms with Crippen molar-refractivity contribution >= 4 is 22.9 Å². The molecule has 4 heteroatoms. The Bertz CT molecular complexity index is 309. The zero-order valence-electron chi connectivity index (χ0n) is 8.66. The lowest BCUT2D eigenvalue weighted by Gasteiger charge is -2.25. The van der Waals surface area contributed by atoms with E-state index in [2.05, 4.69) is 11.0 Å². The minimum atomic E-state index is 0.247. The van der Waals surface area contributed by atoms with E-state index in [1.165, 1.54) is 17.7 Å². The molecule has 0 amide bonds. The highest BCUT2D eigenvalue weighted by Gasteiger charge is 2.23. The van der Waals surface area contributed by atoms with Crippen molar-refractivity contribution in [3.05, 3.63) is 21.3 Å². The van der Waals surface area contributed by atoms with Crippen LogP contribution < -0.4 is 0 Å². The summed E-state index contributed by atoms with van der Waals surface area (Å²) in [6.45, 7) is 2.55. The number of hydrogen-bond acceptors (Lipinski definition) is 3. The van der Waals surface area contributed by atoms with Crippen molar-refractivity contribution < 1.29 is 5.11 Å². The topological polar surface area (TPSA) is 23.5 Å². The van der Waals surface area contributed by atoms with E-state index in [9.17, 15) is 0 Å². The van der Waals surface area contributed by atoms with Gasteiger partial charge in [-0.2, -0.15) is 0 Å². The van der Waals surface area contributed by atoms with Crippen LogP contribution in [0.5, 0.6) is 0 Å². The van der Waals surface area contributed by atoms with Crippen molar-refractivity contribution in [3.63, 3.8) is 0 Å². The van der Waals surface area contributed by atoms with Crippen LogP contribution >= 0.6 is 22.9 Å². The van der Waals surface area contributed by atoms with Gasteiger partial charge >= 0.3 is 0 Å². The number of nitrogens with zero attached hydrogens (tertiary/aromatic N) is 1. The van der Waals surface area contributed by atoms with Crippen LogP contribution in [0.15, 0.2) is 12.1 Å². The van der Waals surface area contributed by atoms with Crippen molar-refractivity contribution in [1.82, 2.24) is 4.90 Å². The number of hydrogen-bond donors (Lipinski definition) is 1. The molecule has 0 spiro atoms. The maximum absolute atomic E-state index is 9.11. The molecule has 15 heavy (non-hydrogen) atoms. The molecule has 1 aromatic heterocycles. The number of aliphatic hydroxyl groups excluding tert-OH is 1. The second-order valence-corrected chi connectivity index (χ2v) is 5.66. The van der Waals surface area contributed by atoms with Crippen LogP contribution in [-0.2, 0) is 0 Å². The summed E-state index contributed by atoms with van der Waals surface area (Å²) < 4.78 is 0.840. The van der Waals surface area contributed by atoms with E-state index in [-0.39, 0.29) is 6.61 Å². The Balaban J connectivity index is 2.11. The summed E-state index contributed by atoms with van der Waals surface area (Å²) in [5, 5.41) is 9.11. The van der Waals surface area contributed by atoms with E-state index in [1.807, 2.05) is 6.07 Å². The molecule has 1 unspecified atom stereocenters. The highest BCUT2D eigenvalue weighted by molar-refractivity contribution is 7.16. The summed E-state index contributed by atoms with van der Waals surface area (Å²) in [7, 11) is 0. The maximum Gasteiger partial charge on any atom is 0.0931 e. The fraction of sp³-hybridized carbons (Fsp3) is 0.636. The molecule has 0 aromatic carbocycles. The third-order valence-electron chi connectivity index (χ3n) is 2.91. The van der Waals surface area contributed by atoms with Gasteiger partial charge in [-0.25, -0.2) is 0 Å². The first kappa shape index (κ1) is 11.4. The van der Waals surface area contributed by atoms with Crippen molar-refractivity contribution in [2.24, 2.45) is 0 Å². The Kier molecular flexibility index (Phi) is 4.03. The molecule has 1 aliphatic rings. The van der Waals surface area contributed by atoms with Crippen molar-refractivity contribution in [2.75, 3.05) is 19.7 Å². The number of aliphatic hydroxyl groups is 1. The van der Waals surface area contributed by atoms with E-state index in [1.54, 1.807) is 11.3 Å². The molecule has 0 aliphatic carbocycles. The average molecular weight is 246 g/mol. The van der Waals surface area contributed by atoms with E-state index in [0.29, 0.717) is 6.04 Å². The highest BCUT2D eigenvalue weighted by atomic mass is 35.5. The van der Waals surface area contributed by atoms with E-state index < -0.39 is 0 Å². The minimum Gasteiger partial charge on any atom is -0.396 e. The molecule has 0 radical (unpaired) electrons. The number of likely N-dealkylation sites (tertiary alicyclic amines) is 1. The lowest BCUT2D eigenvalue weighted by Crippen LogP contribution is -2.25. The Morgan fingerprint density at radius 2 is 2.13 bits per heavy atom. The first-order valence-corrected chi connectivity index (χ1v) is 6.61. The van der Waals surface area contributed by atoms with Gasteiger partial charge in [-0.3, -0.25) is 4.90 Å². The first-order valence-electron chi connectivity index (χ1n) is 5.41. The molecule has 1 aromatic rings. The summed E-state index contributed by atoms with van der Waals surface area (Å²) in [5.41, 5.74) is 0. The molecule has 1 fully saturated rings. The predicted molar refractivity (Wildman–Crippen MR) is 64.6 cm³/mol. The van der Waals surface area contributed by atoms with Crippen LogP contribution in [0.3, 0.4) is 0 Å². The molecule has 1 aliphatic heterocycles. The second-order valence-electron chi connectivity index (χ2n) is 3.91. The molecule has 84 valence electrons. The smallest absolute Gasteiger partial charge is 0.0931 e. The number of thiophene rings is 1. The first-order chi connectivity index (χ1) is 7.31. The molecular weight excluding hydrogens is 230 g/mol. The highest BCUT2D eigenvalue weighted by Crippen LogP contribution is 2.34. The quantitative estimate of drug-likeness (QED) is 0.882. The Labute approximate surface area is 99.5 Å². The summed E-state index contributed by atoms with van der Waals surface area (Å²) in [5.74, 6) is 0. The van der Waals surface area contributed by atoms with Crippen molar-refractivity contribution in [1.29, 1.82) is 0 Å².